The van der Waals surface area contributed by atoms with E-state index in [9.17, 15) is 4.79 Å². The van der Waals surface area contributed by atoms with Crippen molar-refractivity contribution in [2.45, 2.75) is 33.7 Å². The molecule has 6 nitrogen and oxygen atoms in total. The molecule has 0 bridgehead atoms. The van der Waals surface area contributed by atoms with Crippen molar-refractivity contribution in [2.75, 3.05) is 7.05 Å². The maximum Gasteiger partial charge on any atom is 0.274 e. The maximum atomic E-state index is 12.7. The fourth-order valence-electron chi connectivity index (χ4n) is 2.61. The lowest BCUT2D eigenvalue weighted by molar-refractivity contribution is 0.0734. The molecule has 3 rings (SSSR count). The van der Waals surface area contributed by atoms with E-state index >= 15 is 0 Å². The Morgan fingerprint density at radius 3 is 2.67 bits per heavy atom. The Morgan fingerprint density at radius 2 is 2.08 bits per heavy atom. The summed E-state index contributed by atoms with van der Waals surface area (Å²) in [6.07, 6.45) is 0. The molecule has 0 aliphatic rings. The summed E-state index contributed by atoms with van der Waals surface area (Å²) in [4.78, 5) is 20.1. The monoisotopic (exact) mass is 344 g/mol. The fraction of sp³-hybridized carbons (Fsp3) is 0.353. The standard InChI is InChI=1S/C17H20N4O2S/c1-9-6-7-15(23-9)13-8-14(20-19-13)17(22)21(5)10(2)16-11(3)24-12(4)18-16/h6-8,10H,1-5H3,(H,19,20)/t10-/m1/s1. The van der Waals surface area contributed by atoms with Crippen molar-refractivity contribution < 1.29 is 9.21 Å². The number of rotatable bonds is 4. The number of furan rings is 1. The van der Waals surface area contributed by atoms with Crippen molar-refractivity contribution >= 4 is 17.2 Å². The molecule has 3 aromatic heterocycles. The molecule has 0 saturated heterocycles. The Labute approximate surface area is 144 Å². The largest absolute Gasteiger partial charge is 0.460 e. The van der Waals surface area contributed by atoms with Gasteiger partial charge in [0.2, 0.25) is 0 Å². The molecule has 0 radical (unpaired) electrons. The van der Waals surface area contributed by atoms with Crippen LogP contribution in [0, 0.1) is 20.8 Å². The quantitative estimate of drug-likeness (QED) is 0.779. The van der Waals surface area contributed by atoms with Gasteiger partial charge in [-0.1, -0.05) is 0 Å². The van der Waals surface area contributed by atoms with Gasteiger partial charge in [0, 0.05) is 18.0 Å². The number of aryl methyl sites for hydroxylation is 3. The van der Waals surface area contributed by atoms with E-state index in [4.69, 9.17) is 4.42 Å². The van der Waals surface area contributed by atoms with Crippen LogP contribution in [0.3, 0.4) is 0 Å². The van der Waals surface area contributed by atoms with E-state index in [1.165, 1.54) is 0 Å². The molecule has 1 N–H and O–H groups in total. The summed E-state index contributed by atoms with van der Waals surface area (Å²) in [5.41, 5.74) is 1.98. The van der Waals surface area contributed by atoms with E-state index in [2.05, 4.69) is 15.2 Å². The number of nitrogens with one attached hydrogen (secondary N) is 1. The molecular weight excluding hydrogens is 324 g/mol. The van der Waals surface area contributed by atoms with Gasteiger partial charge in [-0.2, -0.15) is 5.10 Å². The van der Waals surface area contributed by atoms with Gasteiger partial charge in [-0.3, -0.25) is 9.89 Å². The summed E-state index contributed by atoms with van der Waals surface area (Å²) >= 11 is 1.64. The number of hydrogen-bond acceptors (Lipinski definition) is 5. The highest BCUT2D eigenvalue weighted by molar-refractivity contribution is 7.11. The molecule has 0 saturated carbocycles. The van der Waals surface area contributed by atoms with Gasteiger partial charge in [-0.15, -0.1) is 11.3 Å². The molecular formula is C17H20N4O2S. The smallest absolute Gasteiger partial charge is 0.274 e. The molecule has 7 heteroatoms. The average Bonchev–Trinajstić information content (AvgIpc) is 3.25. The molecule has 0 aliphatic carbocycles. The lowest BCUT2D eigenvalue weighted by atomic mass is 10.2. The van der Waals surface area contributed by atoms with Crippen LogP contribution in [0.25, 0.3) is 11.5 Å². The molecule has 0 aromatic carbocycles. The summed E-state index contributed by atoms with van der Waals surface area (Å²) in [7, 11) is 1.77. The third-order valence-electron chi connectivity index (χ3n) is 4.04. The predicted octanol–water partition coefficient (Wildman–Crippen LogP) is 3.88. The number of H-pyrrole nitrogens is 1. The highest BCUT2D eigenvalue weighted by atomic mass is 32.1. The van der Waals surface area contributed by atoms with Gasteiger partial charge in [0.1, 0.15) is 11.5 Å². The van der Waals surface area contributed by atoms with E-state index in [0.29, 0.717) is 17.1 Å². The van der Waals surface area contributed by atoms with Crippen LogP contribution in [0.5, 0.6) is 0 Å². The zero-order valence-corrected chi connectivity index (χ0v) is 15.2. The molecule has 3 heterocycles. The second-order valence-corrected chi connectivity index (χ2v) is 7.25. The molecule has 24 heavy (non-hydrogen) atoms. The SMILES string of the molecule is Cc1ccc(-c2cc(C(=O)N(C)[C@H](C)c3nc(C)sc3C)n[nH]2)o1. The first kappa shape index (κ1) is 16.4. The van der Waals surface area contributed by atoms with Gasteiger partial charge in [0.25, 0.3) is 5.91 Å². The molecule has 1 amide bonds. The van der Waals surface area contributed by atoms with Crippen LogP contribution < -0.4 is 0 Å². The van der Waals surface area contributed by atoms with Crippen LogP contribution in [-0.2, 0) is 0 Å². The van der Waals surface area contributed by atoms with Crippen molar-refractivity contribution in [3.63, 3.8) is 0 Å². The van der Waals surface area contributed by atoms with Crippen molar-refractivity contribution in [3.05, 3.63) is 45.2 Å². The predicted molar refractivity (Wildman–Crippen MR) is 93.1 cm³/mol. The lowest BCUT2D eigenvalue weighted by Gasteiger charge is -2.23. The minimum Gasteiger partial charge on any atom is -0.460 e. The maximum absolute atomic E-state index is 12.7. The Kier molecular flexibility index (Phi) is 4.28. The average molecular weight is 344 g/mol. The van der Waals surface area contributed by atoms with E-state index in [-0.39, 0.29) is 11.9 Å². The molecule has 3 aromatic rings. The first-order chi connectivity index (χ1) is 11.4. The number of hydrogen-bond donors (Lipinski definition) is 1. The number of nitrogens with zero attached hydrogens (tertiary/aromatic N) is 3. The van der Waals surface area contributed by atoms with Crippen LogP contribution in [0.2, 0.25) is 0 Å². The van der Waals surface area contributed by atoms with Crippen LogP contribution in [0.15, 0.2) is 22.6 Å². The Bertz CT molecular complexity index is 877. The summed E-state index contributed by atoms with van der Waals surface area (Å²) in [5.74, 6) is 1.33. The van der Waals surface area contributed by atoms with Crippen molar-refractivity contribution in [2.24, 2.45) is 0 Å². The van der Waals surface area contributed by atoms with E-state index in [0.717, 1.165) is 21.3 Å². The van der Waals surface area contributed by atoms with Crippen molar-refractivity contribution in [1.29, 1.82) is 0 Å². The zero-order valence-electron chi connectivity index (χ0n) is 14.4. The summed E-state index contributed by atoms with van der Waals surface area (Å²) in [5, 5.41) is 8.00. The summed E-state index contributed by atoms with van der Waals surface area (Å²) < 4.78 is 5.55. The Balaban J connectivity index is 1.81. The van der Waals surface area contributed by atoms with E-state index in [1.807, 2.05) is 39.8 Å². The number of carbonyl (C=O) groups excluding carboxylic acids is 1. The second-order valence-electron chi connectivity index (χ2n) is 5.84. The van der Waals surface area contributed by atoms with E-state index < -0.39 is 0 Å². The number of aromatic nitrogens is 3. The molecule has 126 valence electrons. The molecule has 0 unspecified atom stereocenters. The highest BCUT2D eigenvalue weighted by Gasteiger charge is 2.24. The summed E-state index contributed by atoms with van der Waals surface area (Å²) in [6, 6.07) is 5.32. The van der Waals surface area contributed by atoms with Crippen LogP contribution in [0.4, 0.5) is 0 Å². The van der Waals surface area contributed by atoms with Gasteiger partial charge in [0.05, 0.1) is 16.7 Å². The third-order valence-corrected chi connectivity index (χ3v) is 4.94. The zero-order chi connectivity index (χ0) is 17.4. The van der Waals surface area contributed by atoms with Crippen LogP contribution in [0.1, 0.15) is 44.8 Å². The molecule has 0 fully saturated rings. The Morgan fingerprint density at radius 1 is 1.33 bits per heavy atom. The third kappa shape index (κ3) is 2.99. The fourth-order valence-corrected chi connectivity index (χ4v) is 3.52. The second kappa shape index (κ2) is 6.24. The molecule has 1 atom stereocenters. The minimum absolute atomic E-state index is 0.117. The van der Waals surface area contributed by atoms with Gasteiger partial charge in [0.15, 0.2) is 11.5 Å². The minimum atomic E-state index is -0.154. The highest BCUT2D eigenvalue weighted by Crippen LogP contribution is 2.27. The van der Waals surface area contributed by atoms with E-state index in [1.54, 1.807) is 29.4 Å². The number of thiazole rings is 1. The first-order valence-electron chi connectivity index (χ1n) is 7.70. The normalized spacial score (nSPS) is 12.4. The van der Waals surface area contributed by atoms with Crippen LogP contribution in [-0.4, -0.2) is 33.0 Å². The van der Waals surface area contributed by atoms with Gasteiger partial charge >= 0.3 is 0 Å². The molecule has 0 aliphatic heterocycles. The number of amides is 1. The van der Waals surface area contributed by atoms with Crippen molar-refractivity contribution in [1.82, 2.24) is 20.1 Å². The molecule has 0 spiro atoms. The van der Waals surface area contributed by atoms with Crippen LogP contribution >= 0.6 is 11.3 Å². The topological polar surface area (TPSA) is 75.0 Å². The first-order valence-corrected chi connectivity index (χ1v) is 8.51. The lowest BCUT2D eigenvalue weighted by Crippen LogP contribution is -2.30. The summed E-state index contributed by atoms with van der Waals surface area (Å²) in [6.45, 7) is 7.85. The number of aromatic amines is 1. The van der Waals surface area contributed by atoms with Crippen molar-refractivity contribution in [3.8, 4) is 11.5 Å². The van der Waals surface area contributed by atoms with Gasteiger partial charge in [-0.25, -0.2) is 4.98 Å². The Hall–Kier alpha value is -2.41. The van der Waals surface area contributed by atoms with Gasteiger partial charge in [-0.05, 0) is 39.8 Å². The van der Waals surface area contributed by atoms with Gasteiger partial charge < -0.3 is 9.32 Å². The number of carbonyl (C=O) groups is 1.